The van der Waals surface area contributed by atoms with Gasteiger partial charge in [0.05, 0.1) is 12.0 Å². The van der Waals surface area contributed by atoms with Crippen molar-refractivity contribution in [3.63, 3.8) is 0 Å². The third-order valence-corrected chi connectivity index (χ3v) is 5.69. The lowest BCUT2D eigenvalue weighted by Crippen LogP contribution is -2.38. The fourth-order valence-electron chi connectivity index (χ4n) is 3.95. The van der Waals surface area contributed by atoms with Crippen LogP contribution in [-0.4, -0.2) is 39.2 Å². The Kier molecular flexibility index (Phi) is 3.60. The molecule has 1 spiro atoms. The van der Waals surface area contributed by atoms with Crippen molar-refractivity contribution >= 4 is 5.91 Å². The molecule has 7 nitrogen and oxygen atoms in total. The third-order valence-electron chi connectivity index (χ3n) is 5.69. The minimum atomic E-state index is -0.233. The molecule has 0 radical (unpaired) electrons. The highest BCUT2D eigenvalue weighted by Gasteiger charge is 2.67. The predicted molar refractivity (Wildman–Crippen MR) is 88.7 cm³/mol. The summed E-state index contributed by atoms with van der Waals surface area (Å²) in [4.78, 5) is 21.1. The van der Waals surface area contributed by atoms with Crippen LogP contribution >= 0.6 is 0 Å². The lowest BCUT2D eigenvalue weighted by Gasteiger charge is -2.27. The summed E-state index contributed by atoms with van der Waals surface area (Å²) in [6.45, 7) is 4.50. The van der Waals surface area contributed by atoms with Crippen LogP contribution < -0.4 is 10.6 Å². The maximum Gasteiger partial charge on any atom is 0.226 e. The zero-order valence-electron chi connectivity index (χ0n) is 13.8. The maximum atomic E-state index is 12.6. The molecule has 3 N–H and O–H groups in total. The van der Waals surface area contributed by atoms with E-state index in [0.717, 1.165) is 37.9 Å². The summed E-state index contributed by atoms with van der Waals surface area (Å²) in [5.41, 5.74) is 0.872. The number of nitrogens with one attached hydrogen (secondary N) is 3. The van der Waals surface area contributed by atoms with Gasteiger partial charge in [-0.25, -0.2) is 4.98 Å². The first-order chi connectivity index (χ1) is 11.6. The summed E-state index contributed by atoms with van der Waals surface area (Å²) in [6, 6.07) is 3.72. The summed E-state index contributed by atoms with van der Waals surface area (Å²) in [6.07, 6.45) is 6.59. The van der Waals surface area contributed by atoms with Gasteiger partial charge < -0.3 is 10.6 Å². The Labute approximate surface area is 140 Å². The van der Waals surface area contributed by atoms with Gasteiger partial charge in [0, 0.05) is 18.0 Å². The van der Waals surface area contributed by atoms with Gasteiger partial charge in [-0.2, -0.15) is 5.10 Å². The average Bonchev–Trinajstić information content (AvgIpc) is 2.99. The van der Waals surface area contributed by atoms with Crippen LogP contribution in [-0.2, 0) is 11.3 Å². The molecule has 126 valence electrons. The standard InChI is InChI=1S/C17H22N6O/c1-16(11-17(16)4-8-19-9-5-17)15(24)20-10-13-21-14(23-22-13)12-2-6-18-7-3-12/h2-3,6-7,19H,4-5,8-11H2,1H3,(H,20,24)(H,21,22,23). The molecular weight excluding hydrogens is 304 g/mol. The quantitative estimate of drug-likeness (QED) is 0.786. The van der Waals surface area contributed by atoms with E-state index in [-0.39, 0.29) is 16.7 Å². The van der Waals surface area contributed by atoms with Gasteiger partial charge in [0.2, 0.25) is 5.91 Å². The molecule has 24 heavy (non-hydrogen) atoms. The second kappa shape index (κ2) is 5.66. The van der Waals surface area contributed by atoms with E-state index in [0.29, 0.717) is 18.2 Å². The minimum Gasteiger partial charge on any atom is -0.348 e. The largest absolute Gasteiger partial charge is 0.348 e. The van der Waals surface area contributed by atoms with Crippen molar-refractivity contribution < 1.29 is 4.79 Å². The summed E-state index contributed by atoms with van der Waals surface area (Å²) < 4.78 is 0. The fraction of sp³-hybridized carbons (Fsp3) is 0.529. The molecule has 2 aromatic rings. The monoisotopic (exact) mass is 326 g/mol. The Hall–Kier alpha value is -2.28. The predicted octanol–water partition coefficient (Wildman–Crippen LogP) is 1.26. The number of rotatable bonds is 4. The number of hydrogen-bond donors (Lipinski definition) is 3. The number of carbonyl (C=O) groups is 1. The SMILES string of the molecule is CC1(C(=O)NCc2nc(-c3ccncc3)n[nH]2)CC12CCNCC2. The first-order valence-corrected chi connectivity index (χ1v) is 8.44. The molecule has 2 aromatic heterocycles. The molecule has 1 aliphatic carbocycles. The maximum absolute atomic E-state index is 12.6. The number of nitrogens with zero attached hydrogens (tertiary/aromatic N) is 3. The smallest absolute Gasteiger partial charge is 0.226 e. The fourth-order valence-corrected chi connectivity index (χ4v) is 3.95. The van der Waals surface area contributed by atoms with Gasteiger partial charge in [0.15, 0.2) is 5.82 Å². The number of aromatic nitrogens is 4. The van der Waals surface area contributed by atoms with Gasteiger partial charge >= 0.3 is 0 Å². The molecule has 1 amide bonds. The number of piperidine rings is 1. The average molecular weight is 326 g/mol. The molecule has 2 aliphatic rings. The first-order valence-electron chi connectivity index (χ1n) is 8.44. The molecule has 7 heteroatoms. The molecule has 1 aliphatic heterocycles. The van der Waals surface area contributed by atoms with E-state index < -0.39 is 0 Å². The molecule has 1 saturated carbocycles. The molecular formula is C17H22N6O. The second-order valence-corrected chi connectivity index (χ2v) is 7.06. The van der Waals surface area contributed by atoms with Crippen LogP contribution in [0, 0.1) is 10.8 Å². The van der Waals surface area contributed by atoms with Crippen LogP contribution in [0.1, 0.15) is 32.0 Å². The Morgan fingerprint density at radius 2 is 2.04 bits per heavy atom. The van der Waals surface area contributed by atoms with E-state index in [1.807, 2.05) is 12.1 Å². The van der Waals surface area contributed by atoms with E-state index in [1.54, 1.807) is 12.4 Å². The minimum absolute atomic E-state index is 0.131. The number of hydrogen-bond acceptors (Lipinski definition) is 5. The van der Waals surface area contributed by atoms with Crippen molar-refractivity contribution in [2.45, 2.75) is 32.7 Å². The van der Waals surface area contributed by atoms with Crippen LogP contribution in [0.25, 0.3) is 11.4 Å². The van der Waals surface area contributed by atoms with Crippen LogP contribution in [0.2, 0.25) is 0 Å². The molecule has 0 bridgehead atoms. The number of aromatic amines is 1. The Morgan fingerprint density at radius 3 is 2.79 bits per heavy atom. The summed E-state index contributed by atoms with van der Waals surface area (Å²) in [7, 11) is 0. The van der Waals surface area contributed by atoms with E-state index >= 15 is 0 Å². The van der Waals surface area contributed by atoms with Crippen molar-refractivity contribution in [1.82, 2.24) is 30.8 Å². The van der Waals surface area contributed by atoms with Crippen molar-refractivity contribution in [1.29, 1.82) is 0 Å². The van der Waals surface area contributed by atoms with Gasteiger partial charge in [0.1, 0.15) is 5.82 Å². The second-order valence-electron chi connectivity index (χ2n) is 7.06. The van der Waals surface area contributed by atoms with Crippen LogP contribution in [0.5, 0.6) is 0 Å². The number of pyridine rings is 1. The van der Waals surface area contributed by atoms with Gasteiger partial charge in [-0.3, -0.25) is 14.9 Å². The molecule has 1 saturated heterocycles. The van der Waals surface area contributed by atoms with Crippen molar-refractivity contribution in [3.05, 3.63) is 30.4 Å². The zero-order chi connectivity index (χ0) is 16.6. The lowest BCUT2D eigenvalue weighted by molar-refractivity contribution is -0.127. The topological polar surface area (TPSA) is 95.6 Å². The molecule has 1 atom stereocenters. The number of amides is 1. The molecule has 3 heterocycles. The summed E-state index contributed by atoms with van der Waals surface area (Å²) >= 11 is 0. The van der Waals surface area contributed by atoms with Crippen LogP contribution in [0.15, 0.2) is 24.5 Å². The van der Waals surface area contributed by atoms with E-state index in [4.69, 9.17) is 0 Å². The van der Waals surface area contributed by atoms with Crippen LogP contribution in [0.3, 0.4) is 0 Å². The van der Waals surface area contributed by atoms with E-state index in [2.05, 4.69) is 37.7 Å². The van der Waals surface area contributed by atoms with E-state index in [9.17, 15) is 4.79 Å². The third kappa shape index (κ3) is 2.49. The van der Waals surface area contributed by atoms with Gasteiger partial charge in [-0.1, -0.05) is 6.92 Å². The Balaban J connectivity index is 1.38. The molecule has 2 fully saturated rings. The van der Waals surface area contributed by atoms with Gasteiger partial charge in [-0.15, -0.1) is 0 Å². The van der Waals surface area contributed by atoms with Gasteiger partial charge in [0.25, 0.3) is 0 Å². The highest BCUT2D eigenvalue weighted by Crippen LogP contribution is 2.68. The highest BCUT2D eigenvalue weighted by molar-refractivity contribution is 5.86. The summed E-state index contributed by atoms with van der Waals surface area (Å²) in [5.74, 6) is 1.42. The first kappa shape index (κ1) is 15.3. The van der Waals surface area contributed by atoms with Crippen molar-refractivity contribution in [3.8, 4) is 11.4 Å². The lowest BCUT2D eigenvalue weighted by atomic mass is 9.85. The highest BCUT2D eigenvalue weighted by atomic mass is 16.2. The normalized spacial score (nSPS) is 24.7. The zero-order valence-corrected chi connectivity index (χ0v) is 13.8. The molecule has 1 unspecified atom stereocenters. The molecule has 4 rings (SSSR count). The Bertz CT molecular complexity index is 737. The Morgan fingerprint density at radius 1 is 1.29 bits per heavy atom. The van der Waals surface area contributed by atoms with Crippen molar-refractivity contribution in [2.75, 3.05) is 13.1 Å². The summed E-state index contributed by atoms with van der Waals surface area (Å²) in [5, 5.41) is 13.5. The van der Waals surface area contributed by atoms with E-state index in [1.165, 1.54) is 0 Å². The number of H-pyrrole nitrogens is 1. The molecule has 0 aromatic carbocycles. The van der Waals surface area contributed by atoms with Crippen LogP contribution in [0.4, 0.5) is 0 Å². The number of carbonyl (C=O) groups excluding carboxylic acids is 1. The van der Waals surface area contributed by atoms with Gasteiger partial charge in [-0.05, 0) is 49.9 Å². The van der Waals surface area contributed by atoms with Crippen molar-refractivity contribution in [2.24, 2.45) is 10.8 Å².